The summed E-state index contributed by atoms with van der Waals surface area (Å²) in [6, 6.07) is 11.6. The predicted molar refractivity (Wildman–Crippen MR) is 98.0 cm³/mol. The Labute approximate surface area is 155 Å². The normalized spacial score (nSPS) is 12.1. The van der Waals surface area contributed by atoms with Crippen LogP contribution in [0.25, 0.3) is 5.65 Å². The molecule has 8 heteroatoms. The monoisotopic (exact) mass is 372 g/mol. The molecule has 2 N–H and O–H groups in total. The summed E-state index contributed by atoms with van der Waals surface area (Å²) in [6.45, 7) is 4.22. The fourth-order valence-corrected chi connectivity index (χ4v) is 3.38. The van der Waals surface area contributed by atoms with E-state index in [4.69, 9.17) is 4.74 Å². The molecule has 26 heavy (non-hydrogen) atoms. The van der Waals surface area contributed by atoms with Crippen LogP contribution >= 0.6 is 11.8 Å². The lowest BCUT2D eigenvalue weighted by atomic mass is 10.2. The number of aliphatic hydroxyl groups excluding tert-OH is 1. The van der Waals surface area contributed by atoms with Crippen LogP contribution in [0.4, 0.5) is 4.79 Å². The van der Waals surface area contributed by atoms with Gasteiger partial charge in [-0.3, -0.25) is 4.40 Å². The number of fused-ring (bicyclic) bond motifs is 1. The number of nitrogens with one attached hydrogen (secondary N) is 1. The molecule has 1 unspecified atom stereocenters. The van der Waals surface area contributed by atoms with E-state index >= 15 is 0 Å². The average molecular weight is 372 g/mol. The first-order chi connectivity index (χ1) is 12.6. The standard InChI is InChI=1S/C18H20N4O3S/c1-3-19-18(24)25-11-13-6-4-5-7-15(13)26-14-8-9-16-20-21-17(12(2)23)22(16)10-14/h4-10,12,23H,3,11H2,1-2H3,(H,19,24). The SMILES string of the molecule is CCNC(=O)OCc1ccccc1Sc1ccc2nnc(C(C)O)n2c1. The van der Waals surface area contributed by atoms with Crippen molar-refractivity contribution in [3.05, 3.63) is 54.0 Å². The van der Waals surface area contributed by atoms with Gasteiger partial charge in [0.1, 0.15) is 12.7 Å². The smallest absolute Gasteiger partial charge is 0.407 e. The fraction of sp³-hybridized carbons (Fsp3) is 0.278. The van der Waals surface area contributed by atoms with Gasteiger partial charge in [-0.25, -0.2) is 4.79 Å². The summed E-state index contributed by atoms with van der Waals surface area (Å²) >= 11 is 1.55. The van der Waals surface area contributed by atoms with E-state index in [1.54, 1.807) is 23.1 Å². The molecule has 1 aromatic carbocycles. The second kappa shape index (κ2) is 8.20. The van der Waals surface area contributed by atoms with Crippen molar-refractivity contribution >= 4 is 23.5 Å². The third kappa shape index (κ3) is 4.14. The Morgan fingerprint density at radius 3 is 2.88 bits per heavy atom. The number of pyridine rings is 1. The summed E-state index contributed by atoms with van der Waals surface area (Å²) in [7, 11) is 0. The summed E-state index contributed by atoms with van der Waals surface area (Å²) in [5, 5.41) is 20.5. The maximum Gasteiger partial charge on any atom is 0.407 e. The van der Waals surface area contributed by atoms with Crippen LogP contribution in [-0.4, -0.2) is 32.3 Å². The number of hydrogen-bond donors (Lipinski definition) is 2. The van der Waals surface area contributed by atoms with Crippen molar-refractivity contribution in [3.8, 4) is 0 Å². The number of aliphatic hydroxyl groups is 1. The molecule has 0 aliphatic carbocycles. The third-order valence-corrected chi connectivity index (χ3v) is 4.75. The molecule has 0 aliphatic heterocycles. The molecular weight excluding hydrogens is 352 g/mol. The lowest BCUT2D eigenvalue weighted by Crippen LogP contribution is -2.23. The average Bonchev–Trinajstić information content (AvgIpc) is 3.05. The van der Waals surface area contributed by atoms with E-state index in [0.29, 0.717) is 18.0 Å². The van der Waals surface area contributed by atoms with Gasteiger partial charge in [0.15, 0.2) is 11.5 Å². The maximum atomic E-state index is 11.5. The Morgan fingerprint density at radius 1 is 1.31 bits per heavy atom. The van der Waals surface area contributed by atoms with Crippen molar-refractivity contribution in [2.75, 3.05) is 6.54 Å². The number of alkyl carbamates (subject to hydrolysis) is 1. The number of ether oxygens (including phenoxy) is 1. The number of carbonyl (C=O) groups is 1. The highest BCUT2D eigenvalue weighted by Gasteiger charge is 2.12. The number of amides is 1. The van der Waals surface area contributed by atoms with E-state index in [0.717, 1.165) is 15.4 Å². The number of rotatable bonds is 6. The quantitative estimate of drug-likeness (QED) is 0.691. The molecule has 3 aromatic rings. The van der Waals surface area contributed by atoms with Crippen LogP contribution in [0.15, 0.2) is 52.4 Å². The Balaban J connectivity index is 1.81. The topological polar surface area (TPSA) is 88.8 Å². The van der Waals surface area contributed by atoms with E-state index in [2.05, 4.69) is 15.5 Å². The van der Waals surface area contributed by atoms with Crippen LogP contribution in [0.3, 0.4) is 0 Å². The van der Waals surface area contributed by atoms with E-state index in [-0.39, 0.29) is 6.61 Å². The first kappa shape index (κ1) is 18.2. The number of aromatic nitrogens is 3. The molecule has 1 amide bonds. The van der Waals surface area contributed by atoms with Gasteiger partial charge in [-0.2, -0.15) is 0 Å². The molecule has 1 atom stereocenters. The molecule has 0 radical (unpaired) electrons. The zero-order valence-corrected chi connectivity index (χ0v) is 15.4. The number of carbonyl (C=O) groups excluding carboxylic acids is 1. The molecule has 2 aromatic heterocycles. The molecule has 0 bridgehead atoms. The van der Waals surface area contributed by atoms with Gasteiger partial charge in [0.2, 0.25) is 0 Å². The summed E-state index contributed by atoms with van der Waals surface area (Å²) < 4.78 is 7.01. The van der Waals surface area contributed by atoms with Crippen LogP contribution in [-0.2, 0) is 11.3 Å². The van der Waals surface area contributed by atoms with Gasteiger partial charge >= 0.3 is 6.09 Å². The Kier molecular flexibility index (Phi) is 5.75. The minimum Gasteiger partial charge on any atom is -0.445 e. The maximum absolute atomic E-state index is 11.5. The Hall–Kier alpha value is -2.58. The van der Waals surface area contributed by atoms with Crippen molar-refractivity contribution in [2.45, 2.75) is 36.3 Å². The van der Waals surface area contributed by atoms with Crippen LogP contribution < -0.4 is 5.32 Å². The first-order valence-corrected chi connectivity index (χ1v) is 9.09. The number of nitrogens with zero attached hydrogens (tertiary/aromatic N) is 3. The number of hydrogen-bond acceptors (Lipinski definition) is 6. The molecule has 0 fully saturated rings. The van der Waals surface area contributed by atoms with Gasteiger partial charge in [-0.05, 0) is 32.0 Å². The van der Waals surface area contributed by atoms with Crippen molar-refractivity contribution in [2.24, 2.45) is 0 Å². The Bertz CT molecular complexity index is 910. The van der Waals surface area contributed by atoms with Crippen molar-refractivity contribution in [1.82, 2.24) is 19.9 Å². The summed E-state index contributed by atoms with van der Waals surface area (Å²) in [5.74, 6) is 0.496. The lowest BCUT2D eigenvalue weighted by molar-refractivity contribution is 0.139. The van der Waals surface area contributed by atoms with Gasteiger partial charge in [0, 0.05) is 28.1 Å². The van der Waals surface area contributed by atoms with Gasteiger partial charge in [-0.1, -0.05) is 30.0 Å². The lowest BCUT2D eigenvalue weighted by Gasteiger charge is -2.11. The Morgan fingerprint density at radius 2 is 2.12 bits per heavy atom. The summed E-state index contributed by atoms with van der Waals surface area (Å²) in [5.41, 5.74) is 1.60. The van der Waals surface area contributed by atoms with Crippen molar-refractivity contribution in [1.29, 1.82) is 0 Å². The molecule has 7 nitrogen and oxygen atoms in total. The highest BCUT2D eigenvalue weighted by atomic mass is 32.2. The van der Waals surface area contributed by atoms with Crippen molar-refractivity contribution in [3.63, 3.8) is 0 Å². The van der Waals surface area contributed by atoms with E-state index in [1.807, 2.05) is 49.5 Å². The summed E-state index contributed by atoms with van der Waals surface area (Å²) in [6.07, 6.45) is 0.756. The zero-order chi connectivity index (χ0) is 18.5. The highest BCUT2D eigenvalue weighted by Crippen LogP contribution is 2.31. The van der Waals surface area contributed by atoms with Gasteiger partial charge in [-0.15, -0.1) is 10.2 Å². The summed E-state index contributed by atoms with van der Waals surface area (Å²) in [4.78, 5) is 13.5. The van der Waals surface area contributed by atoms with Crippen LogP contribution in [0.5, 0.6) is 0 Å². The molecule has 0 saturated heterocycles. The van der Waals surface area contributed by atoms with E-state index in [9.17, 15) is 9.90 Å². The van der Waals surface area contributed by atoms with Crippen LogP contribution in [0.1, 0.15) is 31.3 Å². The molecule has 0 aliphatic rings. The molecule has 136 valence electrons. The second-order valence-electron chi connectivity index (χ2n) is 5.64. The van der Waals surface area contributed by atoms with Gasteiger partial charge in [0.25, 0.3) is 0 Å². The largest absolute Gasteiger partial charge is 0.445 e. The van der Waals surface area contributed by atoms with Crippen LogP contribution in [0.2, 0.25) is 0 Å². The minimum absolute atomic E-state index is 0.197. The van der Waals surface area contributed by atoms with Gasteiger partial charge in [0.05, 0.1) is 0 Å². The second-order valence-corrected chi connectivity index (χ2v) is 6.76. The number of benzene rings is 1. The third-order valence-electron chi connectivity index (χ3n) is 3.66. The van der Waals surface area contributed by atoms with Gasteiger partial charge < -0.3 is 15.2 Å². The van der Waals surface area contributed by atoms with E-state index in [1.165, 1.54) is 0 Å². The zero-order valence-electron chi connectivity index (χ0n) is 14.5. The molecule has 3 rings (SSSR count). The molecular formula is C18H20N4O3S. The molecule has 0 saturated carbocycles. The molecule has 2 heterocycles. The van der Waals surface area contributed by atoms with Crippen molar-refractivity contribution < 1.29 is 14.6 Å². The fourth-order valence-electron chi connectivity index (χ4n) is 2.42. The highest BCUT2D eigenvalue weighted by molar-refractivity contribution is 7.99. The van der Waals surface area contributed by atoms with Crippen LogP contribution in [0, 0.1) is 0 Å². The first-order valence-electron chi connectivity index (χ1n) is 8.27. The predicted octanol–water partition coefficient (Wildman–Crippen LogP) is 3.18. The molecule has 0 spiro atoms. The van der Waals surface area contributed by atoms with E-state index < -0.39 is 12.2 Å². The minimum atomic E-state index is -0.706.